The first-order valence-corrected chi connectivity index (χ1v) is 10.1. The Morgan fingerprint density at radius 1 is 1.13 bits per heavy atom. The number of aromatic amines is 1. The van der Waals surface area contributed by atoms with E-state index in [1.165, 1.54) is 17.5 Å². The number of amides is 1. The highest BCUT2D eigenvalue weighted by atomic mass is 19.4. The number of H-pyrrole nitrogens is 1. The van der Waals surface area contributed by atoms with Gasteiger partial charge in [-0.25, -0.2) is 0 Å². The van der Waals surface area contributed by atoms with Gasteiger partial charge in [0.15, 0.2) is 0 Å². The van der Waals surface area contributed by atoms with Gasteiger partial charge in [-0.15, -0.1) is 0 Å². The van der Waals surface area contributed by atoms with Gasteiger partial charge in [0.25, 0.3) is 5.91 Å². The van der Waals surface area contributed by atoms with E-state index in [1.807, 2.05) is 12.1 Å². The summed E-state index contributed by atoms with van der Waals surface area (Å²) >= 11 is 0. The molecule has 0 bridgehead atoms. The van der Waals surface area contributed by atoms with Crippen molar-refractivity contribution in [1.29, 1.82) is 0 Å². The van der Waals surface area contributed by atoms with Gasteiger partial charge in [0.05, 0.1) is 5.56 Å². The summed E-state index contributed by atoms with van der Waals surface area (Å²) in [4.78, 5) is 18.1. The molecule has 0 radical (unpaired) electrons. The molecule has 4 nitrogen and oxygen atoms in total. The topological polar surface area (TPSA) is 48.1 Å². The van der Waals surface area contributed by atoms with E-state index in [0.717, 1.165) is 55.8 Å². The fraction of sp³-hybridized carbons (Fsp3) is 0.348. The zero-order valence-corrected chi connectivity index (χ0v) is 16.5. The van der Waals surface area contributed by atoms with E-state index in [0.29, 0.717) is 6.54 Å². The molecule has 0 saturated carbocycles. The van der Waals surface area contributed by atoms with Crippen molar-refractivity contribution in [1.82, 2.24) is 15.2 Å². The number of alkyl halides is 3. The standard InChI is InChI=1S/C23H24F3N3O/c24-23(25,26)19-8-3-7-18(11-19)22(30)27-13-16-5-4-10-29(14-16)15-20-12-17-6-1-2-9-21(17)28-20/h1-3,6-9,11-12,16,28H,4-5,10,13-15H2,(H,27,30). The average Bonchev–Trinajstić information content (AvgIpc) is 3.14. The zero-order chi connectivity index (χ0) is 21.1. The van der Waals surface area contributed by atoms with E-state index in [4.69, 9.17) is 0 Å². The van der Waals surface area contributed by atoms with Gasteiger partial charge in [-0.3, -0.25) is 9.69 Å². The third kappa shape index (κ3) is 4.84. The molecule has 1 atom stereocenters. The summed E-state index contributed by atoms with van der Waals surface area (Å²) in [6.07, 6.45) is -2.43. The van der Waals surface area contributed by atoms with Crippen LogP contribution < -0.4 is 5.32 Å². The van der Waals surface area contributed by atoms with Crippen LogP contribution in [0.3, 0.4) is 0 Å². The van der Waals surface area contributed by atoms with Crippen LogP contribution in [0.2, 0.25) is 0 Å². The minimum absolute atomic E-state index is 0.0376. The molecule has 2 heterocycles. The summed E-state index contributed by atoms with van der Waals surface area (Å²) in [6.45, 7) is 3.11. The van der Waals surface area contributed by atoms with Crippen LogP contribution in [0.5, 0.6) is 0 Å². The molecule has 4 rings (SSSR count). The SMILES string of the molecule is O=C(NCC1CCCN(Cc2cc3ccccc3[nH]2)C1)c1cccc(C(F)(F)F)c1. The lowest BCUT2D eigenvalue weighted by atomic mass is 9.97. The number of carbonyl (C=O) groups excluding carboxylic acids is 1. The van der Waals surface area contributed by atoms with Crippen molar-refractivity contribution in [2.75, 3.05) is 19.6 Å². The lowest BCUT2D eigenvalue weighted by Gasteiger charge is -2.32. The number of piperidine rings is 1. The second-order valence-electron chi connectivity index (χ2n) is 7.91. The van der Waals surface area contributed by atoms with Gasteiger partial charge in [0.1, 0.15) is 0 Å². The summed E-state index contributed by atoms with van der Waals surface area (Å²) in [5, 5.41) is 4.00. The Balaban J connectivity index is 1.32. The van der Waals surface area contributed by atoms with Crippen LogP contribution in [-0.2, 0) is 12.7 Å². The smallest absolute Gasteiger partial charge is 0.357 e. The van der Waals surface area contributed by atoms with Gasteiger partial charge in [-0.2, -0.15) is 13.2 Å². The molecule has 1 fully saturated rings. The number of hydrogen-bond donors (Lipinski definition) is 2. The van der Waals surface area contributed by atoms with Crippen molar-refractivity contribution in [3.05, 3.63) is 71.4 Å². The van der Waals surface area contributed by atoms with Crippen LogP contribution in [0.15, 0.2) is 54.6 Å². The quantitative estimate of drug-likeness (QED) is 0.627. The van der Waals surface area contributed by atoms with Crippen LogP contribution >= 0.6 is 0 Å². The number of nitrogens with one attached hydrogen (secondary N) is 2. The Morgan fingerprint density at radius 2 is 1.97 bits per heavy atom. The van der Waals surface area contributed by atoms with Crippen molar-refractivity contribution in [3.63, 3.8) is 0 Å². The van der Waals surface area contributed by atoms with E-state index < -0.39 is 17.6 Å². The molecule has 1 aliphatic heterocycles. The van der Waals surface area contributed by atoms with E-state index in [9.17, 15) is 18.0 Å². The molecule has 0 spiro atoms. The highest BCUT2D eigenvalue weighted by Crippen LogP contribution is 2.29. The number of rotatable bonds is 5. The second kappa shape index (κ2) is 8.52. The molecule has 2 N–H and O–H groups in total. The summed E-state index contributed by atoms with van der Waals surface area (Å²) in [5.74, 6) is -0.188. The van der Waals surface area contributed by atoms with Gasteiger partial charge in [0.2, 0.25) is 0 Å². The molecule has 1 saturated heterocycles. The second-order valence-corrected chi connectivity index (χ2v) is 7.91. The Hall–Kier alpha value is -2.80. The third-order valence-electron chi connectivity index (χ3n) is 5.59. The van der Waals surface area contributed by atoms with Crippen molar-refractivity contribution in [2.45, 2.75) is 25.6 Å². The summed E-state index contributed by atoms with van der Waals surface area (Å²) in [6, 6.07) is 14.9. The molecular weight excluding hydrogens is 391 g/mol. The number of carbonyl (C=O) groups is 1. The largest absolute Gasteiger partial charge is 0.416 e. The maximum absolute atomic E-state index is 12.9. The summed E-state index contributed by atoms with van der Waals surface area (Å²) in [5.41, 5.74) is 1.51. The Kier molecular flexibility index (Phi) is 5.81. The molecule has 30 heavy (non-hydrogen) atoms. The minimum Gasteiger partial charge on any atom is -0.357 e. The Morgan fingerprint density at radius 3 is 2.77 bits per heavy atom. The molecular formula is C23H24F3N3O. The molecule has 2 aromatic carbocycles. The van der Waals surface area contributed by atoms with Crippen molar-refractivity contribution < 1.29 is 18.0 Å². The lowest BCUT2D eigenvalue weighted by molar-refractivity contribution is -0.137. The monoisotopic (exact) mass is 415 g/mol. The van der Waals surface area contributed by atoms with Gasteiger partial charge < -0.3 is 10.3 Å². The number of halogens is 3. The third-order valence-corrected chi connectivity index (χ3v) is 5.59. The first-order valence-electron chi connectivity index (χ1n) is 10.1. The molecule has 0 aliphatic carbocycles. The number of para-hydroxylation sites is 1. The number of fused-ring (bicyclic) bond motifs is 1. The highest BCUT2D eigenvalue weighted by molar-refractivity contribution is 5.94. The fourth-order valence-corrected chi connectivity index (χ4v) is 4.10. The molecule has 1 amide bonds. The number of likely N-dealkylation sites (tertiary alicyclic amines) is 1. The Bertz CT molecular complexity index is 995. The molecule has 1 unspecified atom stereocenters. The summed E-state index contributed by atoms with van der Waals surface area (Å²) < 4.78 is 38.6. The number of aromatic nitrogens is 1. The van der Waals surface area contributed by atoms with E-state index >= 15 is 0 Å². The maximum atomic E-state index is 12.9. The molecule has 7 heteroatoms. The number of nitrogens with zero attached hydrogens (tertiary/aromatic N) is 1. The van der Waals surface area contributed by atoms with E-state index in [2.05, 4.69) is 33.4 Å². The number of benzene rings is 2. The molecule has 158 valence electrons. The van der Waals surface area contributed by atoms with Crippen LogP contribution in [0.1, 0.15) is 34.5 Å². The fourth-order valence-electron chi connectivity index (χ4n) is 4.10. The maximum Gasteiger partial charge on any atom is 0.416 e. The molecule has 3 aromatic rings. The van der Waals surface area contributed by atoms with E-state index in [1.54, 1.807) is 0 Å². The zero-order valence-electron chi connectivity index (χ0n) is 16.5. The van der Waals surface area contributed by atoms with Gasteiger partial charge in [-0.1, -0.05) is 24.3 Å². The first-order chi connectivity index (χ1) is 14.4. The minimum atomic E-state index is -4.46. The van der Waals surface area contributed by atoms with Crippen LogP contribution in [-0.4, -0.2) is 35.4 Å². The van der Waals surface area contributed by atoms with Gasteiger partial charge in [-0.05, 0) is 61.0 Å². The van der Waals surface area contributed by atoms with Gasteiger partial charge >= 0.3 is 6.18 Å². The number of hydrogen-bond acceptors (Lipinski definition) is 2. The average molecular weight is 415 g/mol. The van der Waals surface area contributed by atoms with Crippen LogP contribution in [0, 0.1) is 5.92 Å². The molecule has 1 aromatic heterocycles. The Labute approximate surface area is 173 Å². The lowest BCUT2D eigenvalue weighted by Crippen LogP contribution is -2.40. The highest BCUT2D eigenvalue weighted by Gasteiger charge is 2.31. The van der Waals surface area contributed by atoms with Crippen LogP contribution in [0.4, 0.5) is 13.2 Å². The first kappa shape index (κ1) is 20.5. The van der Waals surface area contributed by atoms with Crippen LogP contribution in [0.25, 0.3) is 10.9 Å². The predicted molar refractivity (Wildman–Crippen MR) is 110 cm³/mol. The van der Waals surface area contributed by atoms with Crippen molar-refractivity contribution >= 4 is 16.8 Å². The van der Waals surface area contributed by atoms with Crippen molar-refractivity contribution in [2.24, 2.45) is 5.92 Å². The molecule has 1 aliphatic rings. The van der Waals surface area contributed by atoms with Crippen molar-refractivity contribution in [3.8, 4) is 0 Å². The van der Waals surface area contributed by atoms with E-state index in [-0.39, 0.29) is 11.5 Å². The summed E-state index contributed by atoms with van der Waals surface area (Å²) in [7, 11) is 0. The predicted octanol–water partition coefficient (Wildman–Crippen LogP) is 4.83. The normalized spacial score (nSPS) is 17.9. The van der Waals surface area contributed by atoms with Gasteiger partial charge in [0, 0.05) is 36.4 Å².